The molecule has 9 heteroatoms. The number of benzene rings is 1. The highest BCUT2D eigenvalue weighted by atomic mass is 79.9. The van der Waals surface area contributed by atoms with E-state index >= 15 is 0 Å². The molecule has 0 N–H and O–H groups in total. The summed E-state index contributed by atoms with van der Waals surface area (Å²) in [6.07, 6.45) is -0.654. The van der Waals surface area contributed by atoms with E-state index in [0.29, 0.717) is 0 Å². The lowest BCUT2D eigenvalue weighted by atomic mass is 10.0. The molecule has 0 aromatic heterocycles. The highest BCUT2D eigenvalue weighted by Crippen LogP contribution is 2.27. The summed E-state index contributed by atoms with van der Waals surface area (Å²) in [5.74, 6) is -0.431. The summed E-state index contributed by atoms with van der Waals surface area (Å²) in [5.41, 5.74) is 0. The molecule has 0 aliphatic carbocycles. The molecule has 2 saturated heterocycles. The Morgan fingerprint density at radius 2 is 1.82 bits per heavy atom. The molecular weight excluding hydrogens is 376 g/mol. The van der Waals surface area contributed by atoms with Crippen molar-refractivity contribution in [2.45, 2.75) is 4.90 Å². The van der Waals surface area contributed by atoms with Crippen LogP contribution in [0, 0.1) is 5.92 Å². The largest absolute Gasteiger partial charge is 0.439 e. The Morgan fingerprint density at radius 1 is 1.18 bits per heavy atom. The van der Waals surface area contributed by atoms with Crippen LogP contribution in [0.3, 0.4) is 0 Å². The molecule has 0 unspecified atom stereocenters. The zero-order valence-corrected chi connectivity index (χ0v) is 13.8. The molecule has 0 atom stereocenters. The van der Waals surface area contributed by atoms with Gasteiger partial charge in [0.25, 0.3) is 5.91 Å². The van der Waals surface area contributed by atoms with Gasteiger partial charge in [0.15, 0.2) is 6.61 Å². The van der Waals surface area contributed by atoms with E-state index in [0.717, 1.165) is 9.37 Å². The topological polar surface area (TPSA) is 84.0 Å². The number of nitrogens with zero attached hydrogens (tertiary/aromatic N) is 2. The average Bonchev–Trinajstić information content (AvgIpc) is 2.73. The van der Waals surface area contributed by atoms with Gasteiger partial charge in [0.1, 0.15) is 0 Å². The van der Waals surface area contributed by atoms with Crippen molar-refractivity contribution in [3.8, 4) is 0 Å². The molecule has 2 heterocycles. The second-order valence-corrected chi connectivity index (χ2v) is 8.05. The molecule has 1 aromatic rings. The number of ether oxygens (including phenoxy) is 1. The van der Waals surface area contributed by atoms with Gasteiger partial charge in [-0.1, -0.05) is 15.9 Å². The zero-order valence-electron chi connectivity index (χ0n) is 11.4. The van der Waals surface area contributed by atoms with Crippen molar-refractivity contribution in [1.29, 1.82) is 0 Å². The number of hydrogen-bond donors (Lipinski definition) is 0. The summed E-state index contributed by atoms with van der Waals surface area (Å²) in [4.78, 5) is 24.0. The first kappa shape index (κ1) is 15.4. The van der Waals surface area contributed by atoms with Crippen LogP contribution in [0.1, 0.15) is 0 Å². The van der Waals surface area contributed by atoms with Crippen molar-refractivity contribution in [1.82, 2.24) is 9.21 Å². The Labute approximate surface area is 136 Å². The first-order valence-corrected chi connectivity index (χ1v) is 8.84. The van der Waals surface area contributed by atoms with Crippen molar-refractivity contribution >= 4 is 38.0 Å². The van der Waals surface area contributed by atoms with Crippen LogP contribution in [0.2, 0.25) is 0 Å². The lowest BCUT2D eigenvalue weighted by Gasteiger charge is -2.38. The van der Waals surface area contributed by atoms with Crippen LogP contribution in [0.15, 0.2) is 33.6 Å². The third-order valence-corrected chi connectivity index (χ3v) is 6.03. The number of cyclic esters (lactones) is 1. The van der Waals surface area contributed by atoms with Gasteiger partial charge in [-0.25, -0.2) is 18.1 Å². The van der Waals surface area contributed by atoms with E-state index in [-0.39, 0.29) is 43.0 Å². The number of imide groups is 1. The Hall–Kier alpha value is -1.45. The van der Waals surface area contributed by atoms with Crippen molar-refractivity contribution in [3.05, 3.63) is 28.7 Å². The minimum atomic E-state index is -3.52. The highest BCUT2D eigenvalue weighted by molar-refractivity contribution is 9.10. The Bertz CT molecular complexity index is 696. The maximum absolute atomic E-state index is 12.4. The highest BCUT2D eigenvalue weighted by Gasteiger charge is 2.41. The van der Waals surface area contributed by atoms with E-state index in [9.17, 15) is 18.0 Å². The van der Waals surface area contributed by atoms with E-state index in [2.05, 4.69) is 20.7 Å². The molecule has 2 aliphatic heterocycles. The summed E-state index contributed by atoms with van der Waals surface area (Å²) in [5, 5.41) is 0. The molecule has 0 spiro atoms. The van der Waals surface area contributed by atoms with Crippen LogP contribution < -0.4 is 0 Å². The molecule has 1 aromatic carbocycles. The Morgan fingerprint density at radius 3 is 2.36 bits per heavy atom. The summed E-state index contributed by atoms with van der Waals surface area (Å²) < 4.78 is 31.5. The maximum atomic E-state index is 12.4. The van der Waals surface area contributed by atoms with Crippen molar-refractivity contribution in [2.24, 2.45) is 5.92 Å². The van der Waals surface area contributed by atoms with Gasteiger partial charge in [0.05, 0.1) is 4.90 Å². The first-order chi connectivity index (χ1) is 10.4. The molecule has 2 aliphatic rings. The second-order valence-electron chi connectivity index (χ2n) is 5.20. The van der Waals surface area contributed by atoms with E-state index in [1.165, 1.54) is 16.4 Å². The quantitative estimate of drug-likeness (QED) is 0.769. The van der Waals surface area contributed by atoms with Gasteiger partial charge < -0.3 is 4.74 Å². The van der Waals surface area contributed by atoms with E-state index < -0.39 is 16.1 Å². The molecule has 118 valence electrons. The van der Waals surface area contributed by atoms with Crippen LogP contribution in [0.4, 0.5) is 4.79 Å². The smallest absolute Gasteiger partial charge is 0.417 e. The fourth-order valence-corrected chi connectivity index (χ4v) is 4.26. The third kappa shape index (κ3) is 2.75. The van der Waals surface area contributed by atoms with Gasteiger partial charge in [-0.3, -0.25) is 4.79 Å². The molecule has 2 amide bonds. The number of amides is 2. The summed E-state index contributed by atoms with van der Waals surface area (Å²) in [7, 11) is -3.52. The lowest BCUT2D eigenvalue weighted by Crippen LogP contribution is -2.54. The molecule has 0 saturated carbocycles. The third-order valence-electron chi connectivity index (χ3n) is 3.66. The zero-order chi connectivity index (χ0) is 15.9. The number of halogens is 1. The first-order valence-electron chi connectivity index (χ1n) is 6.61. The number of carbonyl (C=O) groups is 2. The van der Waals surface area contributed by atoms with Crippen LogP contribution in [-0.4, -0.2) is 55.9 Å². The van der Waals surface area contributed by atoms with Gasteiger partial charge in [0.2, 0.25) is 10.0 Å². The standard InChI is InChI=1S/C13H13BrN2O5S/c14-10-1-3-11(4-2-10)22(19,20)15-5-9(6-15)7-16-12(17)8-21-13(16)18/h1-4,9H,5-8H2. The van der Waals surface area contributed by atoms with Gasteiger partial charge in [0, 0.05) is 30.0 Å². The number of rotatable bonds is 4. The fourth-order valence-electron chi connectivity index (χ4n) is 2.41. The van der Waals surface area contributed by atoms with E-state index in [4.69, 9.17) is 0 Å². The molecule has 3 rings (SSSR count). The van der Waals surface area contributed by atoms with Gasteiger partial charge >= 0.3 is 6.09 Å². The predicted molar refractivity (Wildman–Crippen MR) is 79.5 cm³/mol. The Kier molecular flexibility index (Phi) is 3.96. The number of sulfonamides is 1. The van der Waals surface area contributed by atoms with Crippen LogP contribution in [0.5, 0.6) is 0 Å². The molecule has 22 heavy (non-hydrogen) atoms. The minimum Gasteiger partial charge on any atom is -0.439 e. The van der Waals surface area contributed by atoms with Gasteiger partial charge in [-0.05, 0) is 24.3 Å². The monoisotopic (exact) mass is 388 g/mol. The SMILES string of the molecule is O=C1COC(=O)N1CC1CN(S(=O)(=O)c2ccc(Br)cc2)C1. The second kappa shape index (κ2) is 5.64. The molecular formula is C13H13BrN2O5S. The number of carbonyl (C=O) groups excluding carboxylic acids is 2. The maximum Gasteiger partial charge on any atom is 0.417 e. The van der Waals surface area contributed by atoms with Gasteiger partial charge in [-0.2, -0.15) is 4.31 Å². The lowest BCUT2D eigenvalue weighted by molar-refractivity contribution is -0.126. The van der Waals surface area contributed by atoms with Crippen LogP contribution in [-0.2, 0) is 19.6 Å². The molecule has 7 nitrogen and oxygen atoms in total. The van der Waals surface area contributed by atoms with Crippen molar-refractivity contribution in [3.63, 3.8) is 0 Å². The average molecular weight is 389 g/mol. The molecule has 0 bridgehead atoms. The van der Waals surface area contributed by atoms with Crippen LogP contribution in [0.25, 0.3) is 0 Å². The van der Waals surface area contributed by atoms with Crippen molar-refractivity contribution < 1.29 is 22.7 Å². The minimum absolute atomic E-state index is 0.0557. The summed E-state index contributed by atoms with van der Waals surface area (Å²) in [6.45, 7) is 0.543. The normalized spacial score (nSPS) is 20.1. The van der Waals surface area contributed by atoms with E-state index in [1.54, 1.807) is 12.1 Å². The van der Waals surface area contributed by atoms with Crippen LogP contribution >= 0.6 is 15.9 Å². The van der Waals surface area contributed by atoms with Gasteiger partial charge in [-0.15, -0.1) is 0 Å². The molecule has 0 radical (unpaired) electrons. The predicted octanol–water partition coefficient (Wildman–Crippen LogP) is 1.05. The number of hydrogen-bond acceptors (Lipinski definition) is 5. The fraction of sp³-hybridized carbons (Fsp3) is 0.385. The van der Waals surface area contributed by atoms with E-state index in [1.807, 2.05) is 0 Å². The summed E-state index contributed by atoms with van der Waals surface area (Å²) in [6, 6.07) is 6.41. The Balaban J connectivity index is 1.62. The van der Waals surface area contributed by atoms with Crippen molar-refractivity contribution in [2.75, 3.05) is 26.2 Å². The summed E-state index contributed by atoms with van der Waals surface area (Å²) >= 11 is 3.26. The molecule has 2 fully saturated rings.